The van der Waals surface area contributed by atoms with Crippen molar-refractivity contribution in [2.24, 2.45) is 17.6 Å². The topological polar surface area (TPSA) is 139 Å². The van der Waals surface area contributed by atoms with E-state index in [1.807, 2.05) is 12.1 Å². The molecule has 4 rings (SSSR count). The number of carbonyl (C=O) groups is 2. The van der Waals surface area contributed by atoms with Crippen LogP contribution in [0.25, 0.3) is 0 Å². The van der Waals surface area contributed by atoms with Crippen molar-refractivity contribution in [2.45, 2.75) is 24.8 Å². The van der Waals surface area contributed by atoms with Crippen LogP contribution in [0.3, 0.4) is 0 Å². The average molecular weight is 501 g/mol. The minimum Gasteiger partial charge on any atom is -0.502 e. The fourth-order valence-electron chi connectivity index (χ4n) is 5.19. The van der Waals surface area contributed by atoms with Crippen LogP contribution in [0.4, 0.5) is 0 Å². The van der Waals surface area contributed by atoms with Gasteiger partial charge in [0.05, 0.1) is 26.9 Å². The van der Waals surface area contributed by atoms with Crippen molar-refractivity contribution in [1.29, 1.82) is 0 Å². The predicted octanol–water partition coefficient (Wildman–Crippen LogP) is 2.26. The maximum Gasteiger partial charge on any atom is 0.231 e. The average Bonchev–Trinajstić information content (AvgIpc) is 3.35. The van der Waals surface area contributed by atoms with Crippen LogP contribution in [0.5, 0.6) is 28.7 Å². The Labute approximate surface area is 209 Å². The molecule has 0 spiro atoms. The van der Waals surface area contributed by atoms with Crippen molar-refractivity contribution < 1.29 is 38.4 Å². The maximum absolute atomic E-state index is 12.8. The van der Waals surface area contributed by atoms with Crippen LogP contribution in [-0.4, -0.2) is 58.6 Å². The van der Waals surface area contributed by atoms with E-state index < -0.39 is 23.8 Å². The first-order valence-corrected chi connectivity index (χ1v) is 11.8. The number of benzene rings is 2. The number of hydrogen-bond donors (Lipinski definition) is 3. The van der Waals surface area contributed by atoms with E-state index >= 15 is 0 Å². The second kappa shape index (κ2) is 11.0. The molecule has 10 heteroatoms. The van der Waals surface area contributed by atoms with Gasteiger partial charge in [0.25, 0.3) is 0 Å². The molecule has 0 aromatic heterocycles. The summed E-state index contributed by atoms with van der Waals surface area (Å²) in [7, 11) is 4.46. The first kappa shape index (κ1) is 25.6. The molecule has 0 fully saturated rings. The van der Waals surface area contributed by atoms with Crippen LogP contribution in [-0.2, 0) is 14.3 Å². The molecule has 2 aliphatic rings. The lowest BCUT2D eigenvalue weighted by atomic mass is 9.64. The molecule has 2 aromatic carbocycles. The van der Waals surface area contributed by atoms with Gasteiger partial charge in [0.1, 0.15) is 6.29 Å². The standard InChI is InChI=1S/C26H32N2O8/c1-32-12-18-17(11-29)24(14-7-21(33-2)26(31)22(8-14)34-3)15-9-19-20(36-13-35-19)10-16(15)25(18)28-23(30)5-4-6-27/h7-11,17-18,24-25,31H,4-6,12-13,27H2,1-3H3,(H,28,30)/t17-,18-,24?,25+/m0/s1. The van der Waals surface area contributed by atoms with E-state index in [0.717, 1.165) is 17.4 Å². The highest BCUT2D eigenvalue weighted by atomic mass is 16.7. The molecule has 0 saturated heterocycles. The van der Waals surface area contributed by atoms with E-state index in [0.29, 0.717) is 30.0 Å². The van der Waals surface area contributed by atoms with Gasteiger partial charge in [0.2, 0.25) is 18.4 Å². The minimum absolute atomic E-state index is 0.0792. The zero-order valence-electron chi connectivity index (χ0n) is 20.6. The number of nitrogens with one attached hydrogen (secondary N) is 1. The predicted molar refractivity (Wildman–Crippen MR) is 130 cm³/mol. The zero-order chi connectivity index (χ0) is 25.8. The molecule has 1 unspecified atom stereocenters. The highest BCUT2D eigenvalue weighted by Gasteiger charge is 2.45. The molecule has 1 heterocycles. The molecule has 194 valence electrons. The number of phenols is 1. The number of aldehydes is 1. The lowest BCUT2D eigenvalue weighted by molar-refractivity contribution is -0.124. The molecule has 10 nitrogen and oxygen atoms in total. The Kier molecular flexibility index (Phi) is 7.85. The third kappa shape index (κ3) is 4.66. The van der Waals surface area contributed by atoms with Crippen molar-refractivity contribution in [3.05, 3.63) is 41.0 Å². The van der Waals surface area contributed by atoms with E-state index in [4.69, 9.17) is 29.4 Å². The fraction of sp³-hybridized carbons (Fsp3) is 0.462. The molecular formula is C26H32N2O8. The Morgan fingerprint density at radius 3 is 2.31 bits per heavy atom. The first-order valence-electron chi connectivity index (χ1n) is 11.8. The smallest absolute Gasteiger partial charge is 0.231 e. The van der Waals surface area contributed by atoms with E-state index in [2.05, 4.69) is 5.32 Å². The fourth-order valence-corrected chi connectivity index (χ4v) is 5.19. The minimum atomic E-state index is -0.586. The van der Waals surface area contributed by atoms with Crippen LogP contribution in [0.2, 0.25) is 0 Å². The van der Waals surface area contributed by atoms with Gasteiger partial charge in [0.15, 0.2) is 23.0 Å². The summed E-state index contributed by atoms with van der Waals surface area (Å²) in [6.07, 6.45) is 1.72. The third-order valence-electron chi connectivity index (χ3n) is 6.86. The normalized spacial score (nSPS) is 22.0. The second-order valence-electron chi connectivity index (χ2n) is 8.86. The van der Waals surface area contributed by atoms with Crippen molar-refractivity contribution >= 4 is 12.2 Å². The molecule has 1 aliphatic carbocycles. The summed E-state index contributed by atoms with van der Waals surface area (Å²) in [6, 6.07) is 6.59. The van der Waals surface area contributed by atoms with Crippen LogP contribution in [0.1, 0.15) is 41.5 Å². The number of rotatable bonds is 10. The third-order valence-corrected chi connectivity index (χ3v) is 6.86. The van der Waals surface area contributed by atoms with E-state index in [-0.39, 0.29) is 43.0 Å². The molecular weight excluding hydrogens is 468 g/mol. The number of fused-ring (bicyclic) bond motifs is 2. The molecule has 4 atom stereocenters. The first-order chi connectivity index (χ1) is 17.5. The molecule has 2 aromatic rings. The van der Waals surface area contributed by atoms with Crippen molar-refractivity contribution in [3.8, 4) is 28.7 Å². The number of ether oxygens (including phenoxy) is 5. The van der Waals surface area contributed by atoms with Gasteiger partial charge in [-0.05, 0) is 53.9 Å². The van der Waals surface area contributed by atoms with Gasteiger partial charge in [-0.3, -0.25) is 4.79 Å². The summed E-state index contributed by atoms with van der Waals surface area (Å²) >= 11 is 0. The van der Waals surface area contributed by atoms with Gasteiger partial charge in [-0.2, -0.15) is 0 Å². The molecule has 4 N–H and O–H groups in total. The van der Waals surface area contributed by atoms with E-state index in [1.54, 1.807) is 19.2 Å². The quantitative estimate of drug-likeness (QED) is 0.419. The molecule has 1 amide bonds. The van der Waals surface area contributed by atoms with E-state index in [1.165, 1.54) is 14.2 Å². The lowest BCUT2D eigenvalue weighted by Gasteiger charge is -2.42. The van der Waals surface area contributed by atoms with Gasteiger partial charge in [-0.15, -0.1) is 0 Å². The Balaban J connectivity index is 1.91. The summed E-state index contributed by atoms with van der Waals surface area (Å²) in [5.41, 5.74) is 7.89. The SMILES string of the molecule is COC[C@@H]1[C@H](NC(=O)CCCN)c2cc3c(cc2C(c2cc(OC)c(O)c(OC)c2)[C@H]1C=O)OCO3. The van der Waals surface area contributed by atoms with Crippen molar-refractivity contribution in [3.63, 3.8) is 0 Å². The Morgan fingerprint density at radius 2 is 1.75 bits per heavy atom. The number of amides is 1. The van der Waals surface area contributed by atoms with E-state index in [9.17, 15) is 14.7 Å². The van der Waals surface area contributed by atoms with Crippen LogP contribution in [0.15, 0.2) is 24.3 Å². The number of carbonyl (C=O) groups excluding carboxylic acids is 2. The molecule has 36 heavy (non-hydrogen) atoms. The van der Waals surface area contributed by atoms with Gasteiger partial charge in [0, 0.05) is 31.3 Å². The largest absolute Gasteiger partial charge is 0.502 e. The summed E-state index contributed by atoms with van der Waals surface area (Å²) in [5, 5.41) is 13.6. The number of aromatic hydroxyl groups is 1. The number of hydrogen-bond acceptors (Lipinski definition) is 9. The second-order valence-corrected chi connectivity index (χ2v) is 8.86. The Bertz CT molecular complexity index is 1100. The molecule has 0 bridgehead atoms. The number of phenolic OH excluding ortho intramolecular Hbond substituents is 1. The van der Waals surface area contributed by atoms with Gasteiger partial charge in [-0.1, -0.05) is 0 Å². The van der Waals surface area contributed by atoms with Gasteiger partial charge < -0.3 is 44.6 Å². The lowest BCUT2D eigenvalue weighted by Crippen LogP contribution is -2.45. The maximum atomic E-state index is 12.8. The zero-order valence-corrected chi connectivity index (χ0v) is 20.6. The summed E-state index contributed by atoms with van der Waals surface area (Å²) in [6.45, 7) is 0.705. The highest BCUT2D eigenvalue weighted by Crippen LogP contribution is 2.53. The van der Waals surface area contributed by atoms with Crippen LogP contribution >= 0.6 is 0 Å². The molecule has 0 saturated carbocycles. The monoisotopic (exact) mass is 500 g/mol. The Morgan fingerprint density at radius 1 is 1.11 bits per heavy atom. The number of methoxy groups -OCH3 is 3. The highest BCUT2D eigenvalue weighted by molar-refractivity contribution is 5.77. The van der Waals surface area contributed by atoms with Crippen molar-refractivity contribution in [1.82, 2.24) is 5.32 Å². The van der Waals surface area contributed by atoms with Crippen molar-refractivity contribution in [2.75, 3.05) is 41.3 Å². The van der Waals surface area contributed by atoms with Crippen LogP contribution in [0, 0.1) is 11.8 Å². The van der Waals surface area contributed by atoms with Crippen LogP contribution < -0.4 is 30.0 Å². The van der Waals surface area contributed by atoms with Gasteiger partial charge >= 0.3 is 0 Å². The Hall–Kier alpha value is -3.50. The summed E-state index contributed by atoms with van der Waals surface area (Å²) in [5.74, 6) is -0.177. The molecule has 1 aliphatic heterocycles. The summed E-state index contributed by atoms with van der Waals surface area (Å²) in [4.78, 5) is 25.5. The molecule has 0 radical (unpaired) electrons. The number of nitrogens with two attached hydrogens (primary N) is 1. The van der Waals surface area contributed by atoms with Gasteiger partial charge in [-0.25, -0.2) is 0 Å². The summed E-state index contributed by atoms with van der Waals surface area (Å²) < 4.78 is 27.6.